The molecule has 0 N–H and O–H groups in total. The van der Waals surface area contributed by atoms with Gasteiger partial charge in [-0.1, -0.05) is 0 Å². The Morgan fingerprint density at radius 2 is 2.25 bits per heavy atom. The molecule has 0 aromatic carbocycles. The van der Waals surface area contributed by atoms with Crippen LogP contribution in [0.15, 0.2) is 4.03 Å². The van der Waals surface area contributed by atoms with E-state index in [1.54, 1.807) is 0 Å². The Morgan fingerprint density at radius 3 is 2.25 bits per heavy atom. The quantitative estimate of drug-likeness (QED) is 0.184. The van der Waals surface area contributed by atoms with Crippen molar-refractivity contribution in [3.05, 3.63) is 10.4 Å². The molecule has 0 radical (unpaired) electrons. The summed E-state index contributed by atoms with van der Waals surface area (Å²) < 4.78 is 2.98. The van der Waals surface area contributed by atoms with Gasteiger partial charge in [-0.2, -0.15) is 0 Å². The first kappa shape index (κ1) is 3.87. The van der Waals surface area contributed by atoms with Crippen LogP contribution in [0.5, 0.6) is 0 Å². The average molecular weight is 119 g/mol. The molecule has 0 saturated heterocycles. The van der Waals surface area contributed by atoms with Gasteiger partial charge in [0, 0.05) is 0 Å². The maximum atomic E-state index is 7.35. The van der Waals surface area contributed by atoms with Crippen LogP contribution >= 0.6 is 0 Å². The molecular weight excluding hydrogens is 117 g/mol. The minimum absolute atomic E-state index is 1.03. The molecule has 0 aliphatic carbocycles. The molecule has 4 heteroatoms. The van der Waals surface area contributed by atoms with Gasteiger partial charge in [-0.05, 0) is 0 Å². The van der Waals surface area contributed by atoms with E-state index in [9.17, 15) is 0 Å². The minimum atomic E-state index is 1.03. The Balaban J connectivity index is 3.11. The van der Waals surface area contributed by atoms with Crippen molar-refractivity contribution < 1.29 is 0 Å². The second-order valence-electron chi connectivity index (χ2n) is 0.205. The fourth-order valence-corrected chi connectivity index (χ4v) is 0. The number of hydrogen-bond donors (Lipinski definition) is 0. The third-order valence-corrected chi connectivity index (χ3v) is 0.268. The predicted molar refractivity (Wildman–Crippen MR) is 17.7 cm³/mol. The molecule has 0 bridgehead atoms. The van der Waals surface area contributed by atoms with Gasteiger partial charge in [-0.3, -0.25) is 0 Å². The van der Waals surface area contributed by atoms with Crippen LogP contribution in [0.2, 0.25) is 0 Å². The Hall–Kier alpha value is -0.132. The predicted octanol–water partition coefficient (Wildman–Crippen LogP) is -0.155. The second-order valence-corrected chi connectivity index (χ2v) is 0.689. The van der Waals surface area contributed by atoms with E-state index in [0.29, 0.717) is 0 Å². The first-order valence-corrected chi connectivity index (χ1v) is 1.74. The van der Waals surface area contributed by atoms with Crippen LogP contribution in [0, 0.1) is 0 Å². The SMILES string of the molecule is [N-]=[N+]=N[AsH2]. The van der Waals surface area contributed by atoms with Crippen molar-refractivity contribution in [2.75, 3.05) is 0 Å². The van der Waals surface area contributed by atoms with Crippen molar-refractivity contribution in [3.8, 4) is 0 Å². The van der Waals surface area contributed by atoms with Gasteiger partial charge >= 0.3 is 31.6 Å². The van der Waals surface area contributed by atoms with E-state index in [1.165, 1.54) is 0 Å². The van der Waals surface area contributed by atoms with Crippen LogP contribution < -0.4 is 0 Å². The van der Waals surface area contributed by atoms with Crippen molar-refractivity contribution in [2.24, 2.45) is 4.03 Å². The zero-order chi connectivity index (χ0) is 3.41. The average Bonchev–Trinajstić information content (AvgIpc) is 1.37. The third kappa shape index (κ3) is 1.87. The summed E-state index contributed by atoms with van der Waals surface area (Å²) in [6.45, 7) is 0. The second kappa shape index (κ2) is 2.87. The summed E-state index contributed by atoms with van der Waals surface area (Å²) in [5, 5.41) is 0. The zero-order valence-corrected chi connectivity index (χ0v) is 4.34. The molecule has 0 saturated carbocycles. The number of rotatable bonds is 0. The standard InChI is InChI=1S/AsH2N3/c1-3-4-2/h1H2. The summed E-state index contributed by atoms with van der Waals surface area (Å²) in [5.41, 5.74) is 7.35. The van der Waals surface area contributed by atoms with Gasteiger partial charge in [-0.15, -0.1) is 0 Å². The zero-order valence-electron chi connectivity index (χ0n) is 1.92. The molecule has 0 heterocycles. The normalized spacial score (nSPS) is 4.25. The van der Waals surface area contributed by atoms with E-state index < -0.39 is 0 Å². The maximum absolute atomic E-state index is 7.35. The molecule has 3 nitrogen and oxygen atoms in total. The van der Waals surface area contributed by atoms with Gasteiger partial charge in [0.1, 0.15) is 0 Å². The molecule has 0 amide bonds. The molecule has 0 fully saturated rings. The van der Waals surface area contributed by atoms with Crippen LogP contribution in [0.25, 0.3) is 10.4 Å². The molecule has 22 valence electrons. The molecule has 0 aliphatic rings. The summed E-state index contributed by atoms with van der Waals surface area (Å²) in [6, 6.07) is 0. The third-order valence-electron chi connectivity index (χ3n) is 0.0516. The van der Waals surface area contributed by atoms with E-state index in [1.807, 2.05) is 0 Å². The molecular formula is H2AsN3. The molecule has 0 rings (SSSR count). The Labute approximate surface area is 32.4 Å². The van der Waals surface area contributed by atoms with E-state index >= 15 is 0 Å². The van der Waals surface area contributed by atoms with Crippen molar-refractivity contribution in [3.63, 3.8) is 0 Å². The fourth-order valence-electron chi connectivity index (χ4n) is 0. The first-order valence-electron chi connectivity index (χ1n) is 0.658. The Kier molecular flexibility index (Phi) is 2.77. The topological polar surface area (TPSA) is 48.8 Å². The van der Waals surface area contributed by atoms with Crippen molar-refractivity contribution in [1.82, 2.24) is 0 Å². The van der Waals surface area contributed by atoms with Crippen molar-refractivity contribution >= 4 is 17.1 Å². The summed E-state index contributed by atoms with van der Waals surface area (Å²) in [4.78, 5) is 2.39. The van der Waals surface area contributed by atoms with Gasteiger partial charge in [-0.25, -0.2) is 0 Å². The first-order chi connectivity index (χ1) is 1.91. The Bertz CT molecular complexity index is 41.2. The molecule has 0 aliphatic heterocycles. The van der Waals surface area contributed by atoms with Gasteiger partial charge in [0.05, 0.1) is 0 Å². The Morgan fingerprint density at radius 1 is 2.00 bits per heavy atom. The molecule has 0 aromatic heterocycles. The van der Waals surface area contributed by atoms with Crippen molar-refractivity contribution in [1.29, 1.82) is 0 Å². The van der Waals surface area contributed by atoms with E-state index in [2.05, 4.69) is 8.94 Å². The monoisotopic (exact) mass is 119 g/mol. The summed E-state index contributed by atoms with van der Waals surface area (Å²) >= 11 is 1.03. The molecule has 0 aromatic rings. The van der Waals surface area contributed by atoms with Crippen molar-refractivity contribution in [2.45, 2.75) is 0 Å². The number of nitrogens with zero attached hydrogens (tertiary/aromatic N) is 3. The van der Waals surface area contributed by atoms with Gasteiger partial charge in [0.15, 0.2) is 0 Å². The van der Waals surface area contributed by atoms with Gasteiger partial charge in [0.2, 0.25) is 0 Å². The van der Waals surface area contributed by atoms with Gasteiger partial charge in [0.25, 0.3) is 0 Å². The van der Waals surface area contributed by atoms with Crippen LogP contribution in [-0.2, 0) is 0 Å². The number of hydrogen-bond acceptors (Lipinski definition) is 1. The van der Waals surface area contributed by atoms with Crippen LogP contribution in [0.3, 0.4) is 0 Å². The fraction of sp³-hybridized carbons (Fsp3) is 0. The molecule has 1 unspecified atom stereocenters. The van der Waals surface area contributed by atoms with E-state index in [-0.39, 0.29) is 0 Å². The van der Waals surface area contributed by atoms with Crippen LogP contribution in [0.1, 0.15) is 0 Å². The van der Waals surface area contributed by atoms with E-state index in [0.717, 1.165) is 17.1 Å². The summed E-state index contributed by atoms with van der Waals surface area (Å²) in [7, 11) is 0. The summed E-state index contributed by atoms with van der Waals surface area (Å²) in [6.07, 6.45) is 0. The molecule has 4 heavy (non-hydrogen) atoms. The van der Waals surface area contributed by atoms with Gasteiger partial charge < -0.3 is 0 Å². The van der Waals surface area contributed by atoms with E-state index in [4.69, 9.17) is 5.53 Å². The number of azide groups is 1. The molecule has 0 spiro atoms. The van der Waals surface area contributed by atoms with Crippen LogP contribution in [-0.4, -0.2) is 17.1 Å². The molecule has 1 atom stereocenters. The summed E-state index contributed by atoms with van der Waals surface area (Å²) in [5.74, 6) is 0. The van der Waals surface area contributed by atoms with Crippen LogP contribution in [0.4, 0.5) is 0 Å².